The van der Waals surface area contributed by atoms with E-state index in [1.807, 2.05) is 31.2 Å². The Morgan fingerprint density at radius 1 is 1.35 bits per heavy atom. The minimum absolute atomic E-state index is 0.223. The van der Waals surface area contributed by atoms with E-state index in [-0.39, 0.29) is 16.7 Å². The van der Waals surface area contributed by atoms with Crippen molar-refractivity contribution in [1.29, 1.82) is 0 Å². The number of carbonyl (C=O) groups is 1. The highest BCUT2D eigenvalue weighted by Gasteiger charge is 2.17. The zero-order valence-electron chi connectivity index (χ0n) is 12.7. The van der Waals surface area contributed by atoms with Crippen molar-refractivity contribution in [2.24, 2.45) is 7.05 Å². The highest BCUT2D eigenvalue weighted by atomic mass is 35.5. The van der Waals surface area contributed by atoms with Crippen molar-refractivity contribution < 1.29 is 4.79 Å². The number of hydrogen-bond acceptors (Lipinski definition) is 4. The maximum atomic E-state index is 12.2. The number of nitrogens with one attached hydrogen (secondary N) is 1. The van der Waals surface area contributed by atoms with E-state index in [4.69, 9.17) is 11.6 Å². The number of rotatable bonds is 4. The van der Waals surface area contributed by atoms with Crippen LogP contribution in [-0.4, -0.2) is 30.5 Å². The fraction of sp³-hybridized carbons (Fsp3) is 0.200. The van der Waals surface area contributed by atoms with Gasteiger partial charge in [0.2, 0.25) is 5.95 Å². The Labute approximate surface area is 137 Å². The zero-order chi connectivity index (χ0) is 16.4. The standard InChI is InChI=1S/C15H15ClN6O/c1-10-5-3-4-6-11(10)8-22-9-17-15(20-22)19-14(23)13-12(16)7-18-21(13)2/h3-7,9H,8H2,1-2H3,(H,19,20,23). The molecule has 1 aromatic carbocycles. The van der Waals surface area contributed by atoms with Crippen molar-refractivity contribution in [3.8, 4) is 0 Å². The molecule has 0 bridgehead atoms. The van der Waals surface area contributed by atoms with Crippen molar-refractivity contribution in [2.45, 2.75) is 13.5 Å². The molecule has 0 spiro atoms. The van der Waals surface area contributed by atoms with Crippen LogP contribution in [0.5, 0.6) is 0 Å². The lowest BCUT2D eigenvalue weighted by molar-refractivity contribution is 0.101. The Bertz CT molecular complexity index is 834. The van der Waals surface area contributed by atoms with Gasteiger partial charge in [0.25, 0.3) is 5.91 Å². The molecule has 2 heterocycles. The van der Waals surface area contributed by atoms with Crippen molar-refractivity contribution in [3.05, 3.63) is 58.6 Å². The Morgan fingerprint density at radius 2 is 2.13 bits per heavy atom. The summed E-state index contributed by atoms with van der Waals surface area (Å²) >= 11 is 5.95. The molecule has 8 heteroatoms. The molecular weight excluding hydrogens is 316 g/mol. The molecule has 0 saturated carbocycles. The van der Waals surface area contributed by atoms with Gasteiger partial charge in [-0.2, -0.15) is 5.10 Å². The SMILES string of the molecule is Cc1ccccc1Cn1cnc(NC(=O)c2c(Cl)cnn2C)n1. The number of hydrogen-bond donors (Lipinski definition) is 1. The summed E-state index contributed by atoms with van der Waals surface area (Å²) in [6.07, 6.45) is 2.99. The van der Waals surface area contributed by atoms with Crippen LogP contribution in [-0.2, 0) is 13.6 Å². The van der Waals surface area contributed by atoms with Crippen molar-refractivity contribution in [1.82, 2.24) is 24.5 Å². The molecule has 0 aliphatic rings. The summed E-state index contributed by atoms with van der Waals surface area (Å²) < 4.78 is 3.07. The van der Waals surface area contributed by atoms with E-state index in [1.165, 1.54) is 16.4 Å². The first kappa shape index (κ1) is 15.2. The topological polar surface area (TPSA) is 77.6 Å². The fourth-order valence-corrected chi connectivity index (χ4v) is 2.47. The molecule has 2 aromatic heterocycles. The summed E-state index contributed by atoms with van der Waals surface area (Å²) in [7, 11) is 1.64. The van der Waals surface area contributed by atoms with Gasteiger partial charge in [0.1, 0.15) is 12.0 Å². The van der Waals surface area contributed by atoms with E-state index in [0.717, 1.165) is 5.56 Å². The van der Waals surface area contributed by atoms with Crippen LogP contribution in [0.25, 0.3) is 0 Å². The monoisotopic (exact) mass is 330 g/mol. The third kappa shape index (κ3) is 3.24. The second kappa shape index (κ2) is 6.21. The molecule has 1 N–H and O–H groups in total. The van der Waals surface area contributed by atoms with Gasteiger partial charge in [-0.05, 0) is 18.1 Å². The van der Waals surface area contributed by atoms with Crippen LogP contribution >= 0.6 is 11.6 Å². The van der Waals surface area contributed by atoms with E-state index in [2.05, 4.69) is 20.5 Å². The summed E-state index contributed by atoms with van der Waals surface area (Å²) in [6, 6.07) is 8.04. The molecule has 7 nitrogen and oxygen atoms in total. The lowest BCUT2D eigenvalue weighted by atomic mass is 10.1. The number of halogens is 1. The molecule has 0 saturated heterocycles. The Hall–Kier alpha value is -2.67. The summed E-state index contributed by atoms with van der Waals surface area (Å²) in [5.41, 5.74) is 2.59. The van der Waals surface area contributed by atoms with Gasteiger partial charge >= 0.3 is 0 Å². The number of carbonyl (C=O) groups excluding carboxylic acids is 1. The smallest absolute Gasteiger partial charge is 0.277 e. The predicted octanol–water partition coefficient (Wildman–Crippen LogP) is 2.27. The molecule has 0 aliphatic heterocycles. The molecule has 0 fully saturated rings. The molecule has 0 unspecified atom stereocenters. The van der Waals surface area contributed by atoms with Gasteiger partial charge in [0, 0.05) is 7.05 Å². The average Bonchev–Trinajstić information content (AvgIpc) is 3.08. The molecule has 0 atom stereocenters. The summed E-state index contributed by atoms with van der Waals surface area (Å²) in [4.78, 5) is 16.3. The first-order chi connectivity index (χ1) is 11.0. The lowest BCUT2D eigenvalue weighted by Crippen LogP contribution is -2.17. The number of amides is 1. The van der Waals surface area contributed by atoms with E-state index >= 15 is 0 Å². The van der Waals surface area contributed by atoms with Gasteiger partial charge in [0.05, 0.1) is 17.8 Å². The van der Waals surface area contributed by atoms with Crippen LogP contribution in [0.1, 0.15) is 21.6 Å². The maximum absolute atomic E-state index is 12.2. The third-order valence-corrected chi connectivity index (χ3v) is 3.74. The second-order valence-electron chi connectivity index (χ2n) is 5.11. The summed E-state index contributed by atoms with van der Waals surface area (Å²) in [5, 5.41) is 11.1. The molecule has 3 rings (SSSR count). The first-order valence-corrected chi connectivity index (χ1v) is 7.35. The average molecular weight is 331 g/mol. The third-order valence-electron chi connectivity index (χ3n) is 3.46. The zero-order valence-corrected chi connectivity index (χ0v) is 13.4. The maximum Gasteiger partial charge on any atom is 0.277 e. The number of anilines is 1. The van der Waals surface area contributed by atoms with E-state index in [1.54, 1.807) is 18.1 Å². The van der Waals surface area contributed by atoms with Gasteiger partial charge in [-0.25, -0.2) is 9.67 Å². The Kier molecular flexibility index (Phi) is 4.12. The van der Waals surface area contributed by atoms with Crippen molar-refractivity contribution in [2.75, 3.05) is 5.32 Å². The minimum Gasteiger partial charge on any atom is -0.288 e. The van der Waals surface area contributed by atoms with Gasteiger partial charge < -0.3 is 0 Å². The fourth-order valence-electron chi connectivity index (χ4n) is 2.22. The number of benzene rings is 1. The van der Waals surface area contributed by atoms with Crippen LogP contribution in [0, 0.1) is 6.92 Å². The number of nitrogens with zero attached hydrogens (tertiary/aromatic N) is 5. The summed E-state index contributed by atoms with van der Waals surface area (Å²) in [6.45, 7) is 2.63. The van der Waals surface area contributed by atoms with Gasteiger partial charge in [0.15, 0.2) is 0 Å². The second-order valence-corrected chi connectivity index (χ2v) is 5.52. The van der Waals surface area contributed by atoms with Crippen LogP contribution in [0.15, 0.2) is 36.8 Å². The predicted molar refractivity (Wildman–Crippen MR) is 86.5 cm³/mol. The van der Waals surface area contributed by atoms with Crippen LogP contribution in [0.4, 0.5) is 5.95 Å². The Morgan fingerprint density at radius 3 is 2.83 bits per heavy atom. The number of aryl methyl sites for hydroxylation is 2. The minimum atomic E-state index is -0.399. The first-order valence-electron chi connectivity index (χ1n) is 6.97. The van der Waals surface area contributed by atoms with Gasteiger partial charge in [-0.3, -0.25) is 14.8 Å². The van der Waals surface area contributed by atoms with Crippen LogP contribution in [0.2, 0.25) is 5.02 Å². The lowest BCUT2D eigenvalue weighted by Gasteiger charge is -2.05. The van der Waals surface area contributed by atoms with Crippen molar-refractivity contribution in [3.63, 3.8) is 0 Å². The van der Waals surface area contributed by atoms with Gasteiger partial charge in [-0.1, -0.05) is 35.9 Å². The van der Waals surface area contributed by atoms with Crippen LogP contribution in [0.3, 0.4) is 0 Å². The van der Waals surface area contributed by atoms with E-state index < -0.39 is 5.91 Å². The van der Waals surface area contributed by atoms with E-state index in [9.17, 15) is 4.79 Å². The van der Waals surface area contributed by atoms with Crippen molar-refractivity contribution >= 4 is 23.5 Å². The van der Waals surface area contributed by atoms with E-state index in [0.29, 0.717) is 6.54 Å². The number of aromatic nitrogens is 5. The molecule has 118 valence electrons. The quantitative estimate of drug-likeness (QED) is 0.796. The molecule has 0 radical (unpaired) electrons. The highest BCUT2D eigenvalue weighted by Crippen LogP contribution is 2.15. The normalized spacial score (nSPS) is 10.7. The molecule has 0 aliphatic carbocycles. The molecule has 1 amide bonds. The molecular formula is C15H15ClN6O. The summed E-state index contributed by atoms with van der Waals surface area (Å²) in [5.74, 6) is -0.176. The van der Waals surface area contributed by atoms with Crippen LogP contribution < -0.4 is 5.32 Å². The molecule has 23 heavy (non-hydrogen) atoms. The largest absolute Gasteiger partial charge is 0.288 e. The Balaban J connectivity index is 1.73. The van der Waals surface area contributed by atoms with Gasteiger partial charge in [-0.15, -0.1) is 5.10 Å². The molecule has 3 aromatic rings. The highest BCUT2D eigenvalue weighted by molar-refractivity contribution is 6.34.